The van der Waals surface area contributed by atoms with Gasteiger partial charge in [-0.15, -0.1) is 0 Å². The lowest BCUT2D eigenvalue weighted by atomic mass is 10.0. The van der Waals surface area contributed by atoms with Gasteiger partial charge in [-0.2, -0.15) is 10.4 Å². The van der Waals surface area contributed by atoms with Crippen LogP contribution in [0.3, 0.4) is 0 Å². The minimum absolute atomic E-state index is 0.529. The minimum atomic E-state index is 0.529. The van der Waals surface area contributed by atoms with E-state index in [-0.39, 0.29) is 0 Å². The Morgan fingerprint density at radius 2 is 1.86 bits per heavy atom. The van der Waals surface area contributed by atoms with Crippen molar-refractivity contribution >= 4 is 22.4 Å². The summed E-state index contributed by atoms with van der Waals surface area (Å²) < 4.78 is 3.88. The summed E-state index contributed by atoms with van der Waals surface area (Å²) in [5.41, 5.74) is 6.02. The lowest BCUT2D eigenvalue weighted by Crippen LogP contribution is -2.41. The summed E-state index contributed by atoms with van der Waals surface area (Å²) in [6.07, 6.45) is 9.55. The maximum Gasteiger partial charge on any atom is 0.157 e. The number of pyridine rings is 1. The van der Waals surface area contributed by atoms with E-state index < -0.39 is 0 Å². The maximum atomic E-state index is 9.30. The summed E-state index contributed by atoms with van der Waals surface area (Å²) in [6.45, 7) is 1.85. The Morgan fingerprint density at radius 1 is 1.06 bits per heavy atom. The van der Waals surface area contributed by atoms with E-state index in [0.717, 1.165) is 70.8 Å². The number of nitrogens with one attached hydrogen (secondary N) is 1. The highest BCUT2D eigenvalue weighted by atomic mass is 15.3. The standard InChI is InChI=1S/C26H25N9/c1-28-21-7-9-34(10-8-21)26-22-15-29-16-35(22)24(19-11-20-14-31-33(2)25(20)30-13-19)23(32-26)18-5-3-17(12-27)4-6-18/h3-6,11,13-16,21,28H,7-10H2,1-2H3. The number of aromatic nitrogens is 6. The summed E-state index contributed by atoms with van der Waals surface area (Å²) in [6, 6.07) is 12.4. The Balaban J connectivity index is 1.58. The second-order valence-electron chi connectivity index (χ2n) is 8.93. The molecule has 1 N–H and O–H groups in total. The van der Waals surface area contributed by atoms with E-state index >= 15 is 0 Å². The quantitative estimate of drug-likeness (QED) is 0.436. The Morgan fingerprint density at radius 3 is 2.60 bits per heavy atom. The second kappa shape index (κ2) is 8.49. The molecule has 0 unspecified atom stereocenters. The largest absolute Gasteiger partial charge is 0.355 e. The van der Waals surface area contributed by atoms with Gasteiger partial charge in [0.25, 0.3) is 0 Å². The number of piperidine rings is 1. The van der Waals surface area contributed by atoms with Gasteiger partial charge in [0.15, 0.2) is 11.5 Å². The zero-order chi connectivity index (χ0) is 23.9. The van der Waals surface area contributed by atoms with Crippen LogP contribution in [-0.2, 0) is 7.05 Å². The fourth-order valence-electron chi connectivity index (χ4n) is 4.93. The maximum absolute atomic E-state index is 9.30. The molecular formula is C26H25N9. The summed E-state index contributed by atoms with van der Waals surface area (Å²) >= 11 is 0. The van der Waals surface area contributed by atoms with E-state index in [0.29, 0.717) is 11.6 Å². The van der Waals surface area contributed by atoms with Crippen molar-refractivity contribution in [1.82, 2.24) is 34.4 Å². The highest BCUT2D eigenvalue weighted by Gasteiger charge is 2.25. The molecule has 4 aromatic heterocycles. The molecule has 0 bridgehead atoms. The molecule has 0 spiro atoms. The van der Waals surface area contributed by atoms with Crippen LogP contribution in [0, 0.1) is 11.3 Å². The SMILES string of the molecule is CNC1CCN(c2nc(-c3ccc(C#N)cc3)c(-c3cnc4c(cnn4C)c3)n3cncc23)CC1. The van der Waals surface area contributed by atoms with E-state index in [2.05, 4.69) is 41.8 Å². The average Bonchev–Trinajstić information content (AvgIpc) is 3.55. The van der Waals surface area contributed by atoms with Gasteiger partial charge in [-0.25, -0.2) is 15.0 Å². The zero-order valence-corrected chi connectivity index (χ0v) is 19.7. The normalized spacial score (nSPS) is 14.6. The van der Waals surface area contributed by atoms with E-state index in [4.69, 9.17) is 4.98 Å². The van der Waals surface area contributed by atoms with E-state index in [9.17, 15) is 5.26 Å². The molecule has 9 heteroatoms. The van der Waals surface area contributed by atoms with Gasteiger partial charge in [0.1, 0.15) is 5.52 Å². The van der Waals surface area contributed by atoms with Crippen LogP contribution in [0.5, 0.6) is 0 Å². The molecule has 5 aromatic rings. The minimum Gasteiger partial charge on any atom is -0.355 e. The first-order chi connectivity index (χ1) is 17.2. The molecule has 0 atom stereocenters. The first kappa shape index (κ1) is 21.3. The van der Waals surface area contributed by atoms with Crippen LogP contribution < -0.4 is 10.2 Å². The van der Waals surface area contributed by atoms with Gasteiger partial charge in [-0.1, -0.05) is 12.1 Å². The molecule has 5 heterocycles. The summed E-state index contributed by atoms with van der Waals surface area (Å²) in [7, 11) is 3.91. The molecule has 0 aliphatic carbocycles. The van der Waals surface area contributed by atoms with Crippen molar-refractivity contribution in [1.29, 1.82) is 5.26 Å². The molecule has 1 fully saturated rings. The summed E-state index contributed by atoms with van der Waals surface area (Å²) in [5.74, 6) is 0.926. The number of imidazole rings is 1. The number of anilines is 1. The predicted molar refractivity (Wildman–Crippen MR) is 135 cm³/mol. The van der Waals surface area contributed by atoms with Gasteiger partial charge in [-0.3, -0.25) is 9.08 Å². The fraction of sp³-hybridized carbons (Fsp3) is 0.269. The van der Waals surface area contributed by atoms with E-state index in [1.54, 1.807) is 4.68 Å². The molecule has 174 valence electrons. The third kappa shape index (κ3) is 3.59. The van der Waals surface area contributed by atoms with E-state index in [1.165, 1.54) is 0 Å². The van der Waals surface area contributed by atoms with Gasteiger partial charge in [0.05, 0.1) is 41.7 Å². The first-order valence-electron chi connectivity index (χ1n) is 11.7. The van der Waals surface area contributed by atoms with Crippen LogP contribution in [0.1, 0.15) is 18.4 Å². The Kier molecular flexibility index (Phi) is 5.16. The van der Waals surface area contributed by atoms with Crippen LogP contribution in [0.25, 0.3) is 39.1 Å². The number of fused-ring (bicyclic) bond motifs is 2. The van der Waals surface area contributed by atoms with Crippen molar-refractivity contribution in [3.63, 3.8) is 0 Å². The van der Waals surface area contributed by atoms with Gasteiger partial charge in [0.2, 0.25) is 0 Å². The molecule has 6 rings (SSSR count). The molecule has 1 saturated heterocycles. The van der Waals surface area contributed by atoms with Crippen LogP contribution in [0.15, 0.2) is 55.2 Å². The number of aryl methyl sites for hydroxylation is 1. The van der Waals surface area contributed by atoms with Crippen LogP contribution in [-0.4, -0.2) is 55.3 Å². The summed E-state index contributed by atoms with van der Waals surface area (Å²) in [4.78, 5) is 16.8. The number of rotatable bonds is 4. The summed E-state index contributed by atoms with van der Waals surface area (Å²) in [5, 5.41) is 18.0. The van der Waals surface area contributed by atoms with Gasteiger partial charge >= 0.3 is 0 Å². The fourth-order valence-corrected chi connectivity index (χ4v) is 4.93. The Bertz CT molecular complexity index is 1560. The van der Waals surface area contributed by atoms with Crippen molar-refractivity contribution in [2.45, 2.75) is 18.9 Å². The van der Waals surface area contributed by atoms with Crippen LogP contribution >= 0.6 is 0 Å². The molecule has 1 aromatic carbocycles. The highest BCUT2D eigenvalue weighted by Crippen LogP contribution is 2.36. The first-order valence-corrected chi connectivity index (χ1v) is 11.7. The third-order valence-corrected chi connectivity index (χ3v) is 6.89. The highest BCUT2D eigenvalue weighted by molar-refractivity contribution is 5.88. The molecule has 0 amide bonds. The van der Waals surface area contributed by atoms with Gasteiger partial charge in [-0.05, 0) is 38.1 Å². The monoisotopic (exact) mass is 463 g/mol. The molecule has 1 aliphatic heterocycles. The molecule has 0 radical (unpaired) electrons. The molecule has 35 heavy (non-hydrogen) atoms. The number of hydrogen-bond donors (Lipinski definition) is 1. The third-order valence-electron chi connectivity index (χ3n) is 6.89. The van der Waals surface area contributed by atoms with Crippen molar-refractivity contribution in [3.8, 4) is 28.6 Å². The van der Waals surface area contributed by atoms with Crippen molar-refractivity contribution in [2.75, 3.05) is 25.0 Å². The van der Waals surface area contributed by atoms with Crippen molar-refractivity contribution < 1.29 is 0 Å². The number of nitriles is 1. The van der Waals surface area contributed by atoms with Gasteiger partial charge < -0.3 is 10.2 Å². The second-order valence-corrected chi connectivity index (χ2v) is 8.93. The van der Waals surface area contributed by atoms with Crippen molar-refractivity contribution in [2.24, 2.45) is 7.05 Å². The van der Waals surface area contributed by atoms with Gasteiger partial charge in [0, 0.05) is 48.9 Å². The zero-order valence-electron chi connectivity index (χ0n) is 19.7. The molecule has 9 nitrogen and oxygen atoms in total. The topological polar surface area (TPSA) is 100.0 Å². The molecule has 1 aliphatic rings. The molecular weight excluding hydrogens is 438 g/mol. The number of hydrogen-bond acceptors (Lipinski definition) is 7. The number of benzene rings is 1. The molecule has 0 saturated carbocycles. The van der Waals surface area contributed by atoms with Crippen molar-refractivity contribution in [3.05, 3.63) is 60.8 Å². The Labute approximate surface area is 202 Å². The van der Waals surface area contributed by atoms with Crippen LogP contribution in [0.2, 0.25) is 0 Å². The van der Waals surface area contributed by atoms with Crippen LogP contribution in [0.4, 0.5) is 5.82 Å². The number of nitrogens with zero attached hydrogens (tertiary/aromatic N) is 8. The Hall–Kier alpha value is -4.29. The smallest absolute Gasteiger partial charge is 0.157 e. The predicted octanol–water partition coefficient (Wildman–Crippen LogP) is 3.40. The lowest BCUT2D eigenvalue weighted by molar-refractivity contribution is 0.441. The lowest BCUT2D eigenvalue weighted by Gasteiger charge is -2.33. The van der Waals surface area contributed by atoms with E-state index in [1.807, 2.05) is 63.3 Å². The average molecular weight is 464 g/mol.